The van der Waals surface area contributed by atoms with Crippen LogP contribution in [0.3, 0.4) is 0 Å². The lowest BCUT2D eigenvalue weighted by Crippen LogP contribution is -2.42. The maximum atomic E-state index is 13.0. The Bertz CT molecular complexity index is 476. The largest absolute Gasteiger partial charge is 0.418 e. The van der Waals surface area contributed by atoms with Crippen LogP contribution in [-0.4, -0.2) is 43.8 Å². The topological polar surface area (TPSA) is 24.5 Å². The van der Waals surface area contributed by atoms with Crippen molar-refractivity contribution < 1.29 is 17.9 Å². The Morgan fingerprint density at radius 3 is 2.62 bits per heavy atom. The van der Waals surface area contributed by atoms with Gasteiger partial charge in [-0.1, -0.05) is 15.9 Å². The molecule has 7 heteroatoms. The van der Waals surface area contributed by atoms with Crippen molar-refractivity contribution in [3.8, 4) is 0 Å². The molecule has 1 aromatic carbocycles. The first-order chi connectivity index (χ1) is 9.86. The molecule has 1 N–H and O–H groups in total. The van der Waals surface area contributed by atoms with Gasteiger partial charge in [0.05, 0.1) is 18.8 Å². The molecule has 1 atom stereocenters. The molecule has 1 aliphatic rings. The standard InChI is InChI=1S/C14H18BrF3N2O/c1-10(9-20-4-6-21-7-5-20)19-13-8-11(15)2-3-12(13)14(16,17)18/h2-3,8,10,19H,4-7,9H2,1H3. The van der Waals surface area contributed by atoms with E-state index in [0.717, 1.165) is 19.2 Å². The lowest BCUT2D eigenvalue weighted by atomic mass is 10.1. The van der Waals surface area contributed by atoms with Gasteiger partial charge in [-0.3, -0.25) is 4.90 Å². The Morgan fingerprint density at radius 2 is 2.00 bits per heavy atom. The fraction of sp³-hybridized carbons (Fsp3) is 0.571. The highest BCUT2D eigenvalue weighted by Gasteiger charge is 2.33. The molecule has 1 aliphatic heterocycles. The van der Waals surface area contributed by atoms with Crippen LogP contribution in [0.5, 0.6) is 0 Å². The fourth-order valence-electron chi connectivity index (χ4n) is 2.37. The summed E-state index contributed by atoms with van der Waals surface area (Å²) in [6.45, 7) is 5.56. The highest BCUT2D eigenvalue weighted by Crippen LogP contribution is 2.36. The Hall–Kier alpha value is -0.790. The number of benzene rings is 1. The van der Waals surface area contributed by atoms with Gasteiger partial charge < -0.3 is 10.1 Å². The molecule has 1 fully saturated rings. The maximum absolute atomic E-state index is 13.0. The molecule has 1 heterocycles. The van der Waals surface area contributed by atoms with Crippen LogP contribution < -0.4 is 5.32 Å². The molecule has 0 aromatic heterocycles. The molecule has 3 nitrogen and oxygen atoms in total. The van der Waals surface area contributed by atoms with E-state index in [-0.39, 0.29) is 11.7 Å². The molecule has 1 saturated heterocycles. The average molecular weight is 367 g/mol. The van der Waals surface area contributed by atoms with Crippen LogP contribution in [0.2, 0.25) is 0 Å². The normalized spacial score (nSPS) is 18.5. The summed E-state index contributed by atoms with van der Waals surface area (Å²) in [5.41, 5.74) is -0.530. The first-order valence-corrected chi connectivity index (χ1v) is 7.59. The zero-order valence-corrected chi connectivity index (χ0v) is 13.3. The molecule has 1 unspecified atom stereocenters. The zero-order chi connectivity index (χ0) is 15.5. The molecular formula is C14H18BrF3N2O. The number of nitrogens with one attached hydrogen (secondary N) is 1. The molecule has 2 rings (SSSR count). The Labute approximate surface area is 130 Å². The van der Waals surface area contributed by atoms with Crippen LogP contribution in [0.25, 0.3) is 0 Å². The van der Waals surface area contributed by atoms with Crippen molar-refractivity contribution >= 4 is 21.6 Å². The summed E-state index contributed by atoms with van der Waals surface area (Å²) < 4.78 is 44.9. The molecule has 21 heavy (non-hydrogen) atoms. The predicted molar refractivity (Wildman–Crippen MR) is 79.5 cm³/mol. The molecule has 0 bridgehead atoms. The van der Waals surface area contributed by atoms with Gasteiger partial charge in [-0.15, -0.1) is 0 Å². The van der Waals surface area contributed by atoms with Gasteiger partial charge in [0, 0.05) is 35.8 Å². The summed E-state index contributed by atoms with van der Waals surface area (Å²) in [6.07, 6.45) is -4.36. The van der Waals surface area contributed by atoms with E-state index in [1.165, 1.54) is 12.1 Å². The Kier molecular flexibility index (Phi) is 5.51. The Balaban J connectivity index is 2.05. The summed E-state index contributed by atoms with van der Waals surface area (Å²) in [4.78, 5) is 2.19. The van der Waals surface area contributed by atoms with Crippen molar-refractivity contribution in [1.29, 1.82) is 0 Å². The maximum Gasteiger partial charge on any atom is 0.418 e. The number of halogens is 4. The van der Waals surface area contributed by atoms with Gasteiger partial charge in [-0.05, 0) is 25.1 Å². The fourth-order valence-corrected chi connectivity index (χ4v) is 2.73. The predicted octanol–water partition coefficient (Wildman–Crippen LogP) is 3.60. The molecular weight excluding hydrogens is 349 g/mol. The van der Waals surface area contributed by atoms with Gasteiger partial charge in [-0.2, -0.15) is 13.2 Å². The molecule has 1 aromatic rings. The van der Waals surface area contributed by atoms with E-state index in [0.29, 0.717) is 24.2 Å². The van der Waals surface area contributed by atoms with Crippen LogP contribution >= 0.6 is 15.9 Å². The smallest absolute Gasteiger partial charge is 0.381 e. The van der Waals surface area contributed by atoms with Gasteiger partial charge in [0.1, 0.15) is 0 Å². The van der Waals surface area contributed by atoms with E-state index >= 15 is 0 Å². The van der Waals surface area contributed by atoms with Crippen LogP contribution in [0, 0.1) is 0 Å². The lowest BCUT2D eigenvalue weighted by molar-refractivity contribution is -0.137. The second-order valence-corrected chi connectivity index (χ2v) is 6.06. The van der Waals surface area contributed by atoms with E-state index in [9.17, 15) is 13.2 Å². The number of hydrogen-bond acceptors (Lipinski definition) is 3. The van der Waals surface area contributed by atoms with Crippen LogP contribution in [-0.2, 0) is 10.9 Å². The van der Waals surface area contributed by atoms with Crippen molar-refractivity contribution in [3.05, 3.63) is 28.2 Å². The van der Waals surface area contributed by atoms with Crippen molar-refractivity contribution in [2.75, 3.05) is 38.2 Å². The van der Waals surface area contributed by atoms with Crippen LogP contribution in [0.1, 0.15) is 12.5 Å². The van der Waals surface area contributed by atoms with Crippen molar-refractivity contribution in [2.24, 2.45) is 0 Å². The van der Waals surface area contributed by atoms with E-state index < -0.39 is 11.7 Å². The molecule has 0 radical (unpaired) electrons. The molecule has 0 amide bonds. The van der Waals surface area contributed by atoms with E-state index in [1.54, 1.807) is 0 Å². The minimum Gasteiger partial charge on any atom is -0.381 e. The first-order valence-electron chi connectivity index (χ1n) is 6.79. The van der Waals surface area contributed by atoms with Crippen molar-refractivity contribution in [2.45, 2.75) is 19.1 Å². The minimum absolute atomic E-state index is 0.0847. The number of hydrogen-bond donors (Lipinski definition) is 1. The van der Waals surface area contributed by atoms with Gasteiger partial charge in [0.15, 0.2) is 0 Å². The van der Waals surface area contributed by atoms with Gasteiger partial charge in [0.2, 0.25) is 0 Å². The number of alkyl halides is 3. The molecule has 118 valence electrons. The number of ether oxygens (including phenoxy) is 1. The highest BCUT2D eigenvalue weighted by molar-refractivity contribution is 9.10. The van der Waals surface area contributed by atoms with Crippen molar-refractivity contribution in [3.63, 3.8) is 0 Å². The van der Waals surface area contributed by atoms with Crippen molar-refractivity contribution in [1.82, 2.24) is 4.90 Å². The average Bonchev–Trinajstić information content (AvgIpc) is 2.38. The number of morpholine rings is 1. The van der Waals surface area contributed by atoms with Gasteiger partial charge in [0.25, 0.3) is 0 Å². The number of anilines is 1. The van der Waals surface area contributed by atoms with Crippen LogP contribution in [0.4, 0.5) is 18.9 Å². The lowest BCUT2D eigenvalue weighted by Gasteiger charge is -2.30. The number of nitrogens with zero attached hydrogens (tertiary/aromatic N) is 1. The number of rotatable bonds is 4. The Morgan fingerprint density at radius 1 is 1.33 bits per heavy atom. The van der Waals surface area contributed by atoms with Gasteiger partial charge >= 0.3 is 6.18 Å². The molecule has 0 aliphatic carbocycles. The quantitative estimate of drug-likeness (QED) is 0.880. The van der Waals surface area contributed by atoms with Crippen LogP contribution in [0.15, 0.2) is 22.7 Å². The SMILES string of the molecule is CC(CN1CCOCC1)Nc1cc(Br)ccc1C(F)(F)F. The van der Waals surface area contributed by atoms with E-state index in [2.05, 4.69) is 26.1 Å². The summed E-state index contributed by atoms with van der Waals surface area (Å²) in [5, 5.41) is 2.97. The first kappa shape index (κ1) is 16.6. The minimum atomic E-state index is -4.36. The van der Waals surface area contributed by atoms with E-state index in [4.69, 9.17) is 4.74 Å². The second-order valence-electron chi connectivity index (χ2n) is 5.15. The zero-order valence-electron chi connectivity index (χ0n) is 11.7. The highest BCUT2D eigenvalue weighted by atomic mass is 79.9. The summed E-state index contributed by atoms with van der Waals surface area (Å²) >= 11 is 3.22. The third kappa shape index (κ3) is 4.86. The van der Waals surface area contributed by atoms with E-state index in [1.807, 2.05) is 6.92 Å². The third-order valence-corrected chi connectivity index (χ3v) is 3.82. The molecule has 0 spiro atoms. The summed E-state index contributed by atoms with van der Waals surface area (Å²) in [6, 6.07) is 3.88. The summed E-state index contributed by atoms with van der Waals surface area (Å²) in [7, 11) is 0. The van der Waals surface area contributed by atoms with Gasteiger partial charge in [-0.25, -0.2) is 0 Å². The third-order valence-electron chi connectivity index (χ3n) is 3.32. The summed E-state index contributed by atoms with van der Waals surface area (Å²) in [5.74, 6) is 0. The monoisotopic (exact) mass is 366 g/mol. The molecule has 0 saturated carbocycles. The second kappa shape index (κ2) is 6.98.